The fraction of sp³-hybridized carbons (Fsp3) is 0.278. The number of amides is 1. The molecule has 2 heterocycles. The van der Waals surface area contributed by atoms with Crippen molar-refractivity contribution in [3.05, 3.63) is 52.0 Å². The lowest BCUT2D eigenvalue weighted by molar-refractivity contribution is -0.00186. The second kappa shape index (κ2) is 5.31. The predicted octanol–water partition coefficient (Wildman–Crippen LogP) is 3.97. The Bertz CT molecular complexity index is 851. The predicted molar refractivity (Wildman–Crippen MR) is 89.0 cm³/mol. The number of hydrogen-bond donors (Lipinski definition) is 0. The van der Waals surface area contributed by atoms with E-state index in [4.69, 9.17) is 25.8 Å². The number of fused-ring (bicyclic) bond motifs is 4. The minimum Gasteiger partial charge on any atom is -0.493 e. The summed E-state index contributed by atoms with van der Waals surface area (Å²) in [4.78, 5) is 14.6. The SMILES string of the molecule is COc1cc2c(cc1OC)[C@H]1Oc3ccc(Cl)cc3[C@H](C)N1C2=O. The van der Waals surface area contributed by atoms with Gasteiger partial charge in [0.1, 0.15) is 5.75 Å². The van der Waals surface area contributed by atoms with Gasteiger partial charge in [-0.1, -0.05) is 11.6 Å². The van der Waals surface area contributed by atoms with Crippen LogP contribution in [0.15, 0.2) is 30.3 Å². The van der Waals surface area contributed by atoms with E-state index in [-0.39, 0.29) is 11.9 Å². The summed E-state index contributed by atoms with van der Waals surface area (Å²) < 4.78 is 16.8. The van der Waals surface area contributed by atoms with Gasteiger partial charge in [-0.3, -0.25) is 9.69 Å². The summed E-state index contributed by atoms with van der Waals surface area (Å²) >= 11 is 6.10. The van der Waals surface area contributed by atoms with Crippen LogP contribution in [0.4, 0.5) is 0 Å². The molecule has 0 aliphatic carbocycles. The van der Waals surface area contributed by atoms with Crippen LogP contribution in [0.25, 0.3) is 0 Å². The molecule has 0 spiro atoms. The number of methoxy groups -OCH3 is 2. The maximum absolute atomic E-state index is 12.9. The van der Waals surface area contributed by atoms with Crippen LogP contribution in [-0.4, -0.2) is 25.0 Å². The van der Waals surface area contributed by atoms with Crippen LogP contribution >= 0.6 is 11.6 Å². The third-order valence-corrected chi connectivity index (χ3v) is 4.85. The minimum atomic E-state index is -0.476. The van der Waals surface area contributed by atoms with E-state index in [9.17, 15) is 4.79 Å². The Labute approximate surface area is 144 Å². The number of halogens is 1. The molecule has 0 bridgehead atoms. The van der Waals surface area contributed by atoms with E-state index in [1.165, 1.54) is 0 Å². The highest BCUT2D eigenvalue weighted by atomic mass is 35.5. The zero-order valence-electron chi connectivity index (χ0n) is 13.5. The molecule has 0 saturated carbocycles. The molecular weight excluding hydrogens is 330 g/mol. The largest absolute Gasteiger partial charge is 0.493 e. The summed E-state index contributed by atoms with van der Waals surface area (Å²) in [5, 5.41) is 0.621. The van der Waals surface area contributed by atoms with Crippen LogP contribution in [0.2, 0.25) is 5.02 Å². The van der Waals surface area contributed by atoms with Gasteiger partial charge in [-0.25, -0.2) is 0 Å². The molecule has 2 aromatic rings. The van der Waals surface area contributed by atoms with Crippen LogP contribution in [0, 0.1) is 0 Å². The Morgan fingerprint density at radius 2 is 1.79 bits per heavy atom. The number of carbonyl (C=O) groups is 1. The Balaban J connectivity index is 1.86. The first-order valence-corrected chi connectivity index (χ1v) is 7.97. The second-order valence-corrected chi connectivity index (χ2v) is 6.27. The Kier molecular flexibility index (Phi) is 3.35. The second-order valence-electron chi connectivity index (χ2n) is 5.84. The molecule has 0 aromatic heterocycles. The monoisotopic (exact) mass is 345 g/mol. The first-order chi connectivity index (χ1) is 11.5. The summed E-state index contributed by atoms with van der Waals surface area (Å²) in [6.07, 6.45) is -0.476. The summed E-state index contributed by atoms with van der Waals surface area (Å²) in [6, 6.07) is 8.85. The number of nitrogens with zero attached hydrogens (tertiary/aromatic N) is 1. The summed E-state index contributed by atoms with van der Waals surface area (Å²) in [7, 11) is 3.12. The van der Waals surface area contributed by atoms with E-state index in [0.29, 0.717) is 22.1 Å². The zero-order valence-corrected chi connectivity index (χ0v) is 14.3. The third kappa shape index (κ3) is 1.97. The first kappa shape index (κ1) is 15.1. The van der Waals surface area contributed by atoms with E-state index in [0.717, 1.165) is 16.9 Å². The molecule has 2 aliphatic heterocycles. The molecule has 0 saturated heterocycles. The molecule has 0 fully saturated rings. The summed E-state index contributed by atoms with van der Waals surface area (Å²) in [6.45, 7) is 1.98. The average Bonchev–Trinajstić information content (AvgIpc) is 2.86. The third-order valence-electron chi connectivity index (χ3n) is 4.62. The van der Waals surface area contributed by atoms with Gasteiger partial charge in [0.15, 0.2) is 11.5 Å². The van der Waals surface area contributed by atoms with Crippen LogP contribution in [0.5, 0.6) is 17.2 Å². The zero-order chi connectivity index (χ0) is 17.0. The molecule has 2 atom stereocenters. The van der Waals surface area contributed by atoms with Crippen LogP contribution in [0.1, 0.15) is 40.7 Å². The highest BCUT2D eigenvalue weighted by Crippen LogP contribution is 2.49. The van der Waals surface area contributed by atoms with E-state index in [2.05, 4.69) is 0 Å². The maximum Gasteiger partial charge on any atom is 0.258 e. The van der Waals surface area contributed by atoms with Crippen molar-refractivity contribution in [3.63, 3.8) is 0 Å². The van der Waals surface area contributed by atoms with Crippen molar-refractivity contribution in [3.8, 4) is 17.2 Å². The van der Waals surface area contributed by atoms with Crippen molar-refractivity contribution in [1.29, 1.82) is 0 Å². The molecule has 2 aliphatic rings. The van der Waals surface area contributed by atoms with Gasteiger partial charge in [0.2, 0.25) is 6.23 Å². The molecule has 124 valence electrons. The highest BCUT2D eigenvalue weighted by Gasteiger charge is 2.45. The lowest BCUT2D eigenvalue weighted by Crippen LogP contribution is -2.37. The van der Waals surface area contributed by atoms with Crippen LogP contribution in [0.3, 0.4) is 0 Å². The first-order valence-electron chi connectivity index (χ1n) is 7.60. The van der Waals surface area contributed by atoms with Gasteiger partial charge >= 0.3 is 0 Å². The van der Waals surface area contributed by atoms with Crippen LogP contribution < -0.4 is 14.2 Å². The highest BCUT2D eigenvalue weighted by molar-refractivity contribution is 6.30. The van der Waals surface area contributed by atoms with Gasteiger partial charge in [-0.15, -0.1) is 0 Å². The van der Waals surface area contributed by atoms with E-state index >= 15 is 0 Å². The van der Waals surface area contributed by atoms with E-state index in [1.807, 2.05) is 25.1 Å². The van der Waals surface area contributed by atoms with E-state index in [1.54, 1.807) is 31.3 Å². The van der Waals surface area contributed by atoms with Crippen molar-refractivity contribution >= 4 is 17.5 Å². The van der Waals surface area contributed by atoms with Gasteiger partial charge in [0.25, 0.3) is 5.91 Å². The standard InChI is InChI=1S/C18H16ClNO4/c1-9-11-6-10(19)4-5-14(11)24-18-13-8-16(23-3)15(22-2)7-12(13)17(21)20(9)18/h4-9,18H,1-3H3/t9-,18+/m0/s1. The van der Waals surface area contributed by atoms with Crippen molar-refractivity contribution < 1.29 is 19.0 Å². The number of rotatable bonds is 2. The number of hydrogen-bond acceptors (Lipinski definition) is 4. The summed E-state index contributed by atoms with van der Waals surface area (Å²) in [5.74, 6) is 1.75. The fourth-order valence-electron chi connectivity index (χ4n) is 3.40. The van der Waals surface area contributed by atoms with E-state index < -0.39 is 6.23 Å². The van der Waals surface area contributed by atoms with Crippen molar-refractivity contribution in [2.75, 3.05) is 14.2 Å². The van der Waals surface area contributed by atoms with Crippen LogP contribution in [-0.2, 0) is 0 Å². The Morgan fingerprint density at radius 3 is 2.50 bits per heavy atom. The molecule has 5 nitrogen and oxygen atoms in total. The van der Waals surface area contributed by atoms with Crippen molar-refractivity contribution in [2.24, 2.45) is 0 Å². The molecule has 0 unspecified atom stereocenters. The number of benzene rings is 2. The van der Waals surface area contributed by atoms with Crippen molar-refractivity contribution in [2.45, 2.75) is 19.2 Å². The molecule has 1 amide bonds. The quantitative estimate of drug-likeness (QED) is 0.826. The van der Waals surface area contributed by atoms with Gasteiger partial charge in [-0.05, 0) is 37.3 Å². The minimum absolute atomic E-state index is 0.0888. The average molecular weight is 346 g/mol. The number of ether oxygens (including phenoxy) is 3. The molecule has 0 radical (unpaired) electrons. The smallest absolute Gasteiger partial charge is 0.258 e. The van der Waals surface area contributed by atoms with Crippen molar-refractivity contribution in [1.82, 2.24) is 4.90 Å². The molecule has 4 rings (SSSR count). The Hall–Kier alpha value is -2.40. The normalized spacial score (nSPS) is 20.8. The molecule has 2 aromatic carbocycles. The fourth-order valence-corrected chi connectivity index (χ4v) is 3.58. The molecule has 6 heteroatoms. The lowest BCUT2D eigenvalue weighted by Gasteiger charge is -2.37. The molecule has 24 heavy (non-hydrogen) atoms. The summed E-state index contributed by atoms with van der Waals surface area (Å²) in [5.41, 5.74) is 2.26. The Morgan fingerprint density at radius 1 is 1.08 bits per heavy atom. The molecular formula is C18H16ClNO4. The van der Waals surface area contributed by atoms with Gasteiger partial charge in [0, 0.05) is 16.1 Å². The lowest BCUT2D eigenvalue weighted by atomic mass is 10.0. The van der Waals surface area contributed by atoms with Gasteiger partial charge < -0.3 is 14.2 Å². The molecule has 0 N–H and O–H groups in total. The maximum atomic E-state index is 12.9. The van der Waals surface area contributed by atoms with Gasteiger partial charge in [-0.2, -0.15) is 0 Å². The topological polar surface area (TPSA) is 48.0 Å². The number of carbonyl (C=O) groups excluding carboxylic acids is 1. The van der Waals surface area contributed by atoms with Gasteiger partial charge in [0.05, 0.1) is 25.8 Å².